The maximum atomic E-state index is 11.1. The van der Waals surface area contributed by atoms with Crippen LogP contribution in [0.15, 0.2) is 35.2 Å². The number of hydrogen-bond acceptors (Lipinski definition) is 4. The molecule has 92 valence electrons. The third-order valence-electron chi connectivity index (χ3n) is 1.84. The van der Waals surface area contributed by atoms with Gasteiger partial charge >= 0.3 is 5.97 Å². The molecule has 0 bridgehead atoms. The van der Waals surface area contributed by atoms with Crippen LogP contribution in [-0.2, 0) is 18.6 Å². The molecule has 1 rings (SSSR count). The van der Waals surface area contributed by atoms with E-state index in [9.17, 15) is 13.2 Å². The van der Waals surface area contributed by atoms with Crippen LogP contribution < -0.4 is 0 Å². The highest BCUT2D eigenvalue weighted by atomic mass is 35.7. The Morgan fingerprint density at radius 2 is 2.18 bits per heavy atom. The molecule has 0 atom stereocenters. The third kappa shape index (κ3) is 4.58. The normalized spacial score (nSPS) is 11.6. The van der Waals surface area contributed by atoms with Crippen molar-refractivity contribution in [2.24, 2.45) is 0 Å². The summed E-state index contributed by atoms with van der Waals surface area (Å²) in [7, 11) is 1.45. The molecular formula is C11H11ClO4S. The number of halogens is 1. The Morgan fingerprint density at radius 1 is 1.47 bits per heavy atom. The lowest BCUT2D eigenvalue weighted by Gasteiger charge is -1.98. The molecule has 0 saturated heterocycles. The smallest absolute Gasteiger partial charge is 0.330 e. The zero-order valence-electron chi connectivity index (χ0n) is 9.09. The van der Waals surface area contributed by atoms with E-state index in [0.717, 1.165) is 0 Å². The van der Waals surface area contributed by atoms with Crippen molar-refractivity contribution in [3.63, 3.8) is 0 Å². The van der Waals surface area contributed by atoms with E-state index in [4.69, 9.17) is 15.4 Å². The largest absolute Gasteiger partial charge is 0.463 e. The Hall–Kier alpha value is -1.33. The van der Waals surface area contributed by atoms with Gasteiger partial charge in [-0.1, -0.05) is 12.1 Å². The van der Waals surface area contributed by atoms with Gasteiger partial charge in [-0.05, 0) is 30.7 Å². The van der Waals surface area contributed by atoms with Crippen molar-refractivity contribution in [3.05, 3.63) is 35.9 Å². The Labute approximate surface area is 104 Å². The fourth-order valence-electron chi connectivity index (χ4n) is 1.12. The van der Waals surface area contributed by atoms with Crippen LogP contribution in [0.1, 0.15) is 12.5 Å². The lowest BCUT2D eigenvalue weighted by molar-refractivity contribution is -0.137. The molecule has 0 fully saturated rings. The Kier molecular flexibility index (Phi) is 4.72. The molecule has 0 radical (unpaired) electrons. The molecular weight excluding hydrogens is 264 g/mol. The summed E-state index contributed by atoms with van der Waals surface area (Å²) in [6, 6.07) is 5.95. The lowest BCUT2D eigenvalue weighted by atomic mass is 10.2. The van der Waals surface area contributed by atoms with Gasteiger partial charge in [0.1, 0.15) is 0 Å². The molecule has 0 aliphatic heterocycles. The van der Waals surface area contributed by atoms with E-state index in [1.165, 1.54) is 24.3 Å². The van der Waals surface area contributed by atoms with Crippen molar-refractivity contribution in [3.8, 4) is 0 Å². The highest BCUT2D eigenvalue weighted by molar-refractivity contribution is 8.13. The average molecular weight is 275 g/mol. The Bertz CT molecular complexity index is 534. The number of carbonyl (C=O) groups is 1. The first-order chi connectivity index (χ1) is 7.93. The van der Waals surface area contributed by atoms with Crippen molar-refractivity contribution in [1.29, 1.82) is 0 Å². The van der Waals surface area contributed by atoms with E-state index in [1.54, 1.807) is 19.1 Å². The van der Waals surface area contributed by atoms with E-state index < -0.39 is 15.0 Å². The Morgan fingerprint density at radius 3 is 2.76 bits per heavy atom. The van der Waals surface area contributed by atoms with Gasteiger partial charge in [-0.25, -0.2) is 13.2 Å². The molecule has 0 unspecified atom stereocenters. The predicted octanol–water partition coefficient (Wildman–Crippen LogP) is 2.19. The van der Waals surface area contributed by atoms with Crippen LogP contribution in [-0.4, -0.2) is 21.0 Å². The molecule has 1 aromatic carbocycles. The molecule has 0 saturated carbocycles. The van der Waals surface area contributed by atoms with Crippen LogP contribution in [0.5, 0.6) is 0 Å². The maximum absolute atomic E-state index is 11.1. The van der Waals surface area contributed by atoms with Gasteiger partial charge < -0.3 is 4.74 Å². The minimum absolute atomic E-state index is 0.00910. The van der Waals surface area contributed by atoms with E-state index in [2.05, 4.69) is 0 Å². The van der Waals surface area contributed by atoms with Gasteiger partial charge in [-0.2, -0.15) is 0 Å². The van der Waals surface area contributed by atoms with E-state index in [1.807, 2.05) is 0 Å². The molecule has 0 amide bonds. The van der Waals surface area contributed by atoms with Crippen molar-refractivity contribution >= 4 is 31.8 Å². The highest BCUT2D eigenvalue weighted by Crippen LogP contribution is 2.16. The summed E-state index contributed by atoms with van der Waals surface area (Å²) in [5, 5.41) is 0. The molecule has 0 aliphatic rings. The van der Waals surface area contributed by atoms with E-state index in [0.29, 0.717) is 12.2 Å². The SMILES string of the molecule is CCOC(=O)/C=C\c1cccc(S(=O)(=O)Cl)c1. The summed E-state index contributed by atoms with van der Waals surface area (Å²) >= 11 is 0. The molecule has 4 nitrogen and oxygen atoms in total. The van der Waals surface area contributed by atoms with Crippen molar-refractivity contribution < 1.29 is 17.9 Å². The van der Waals surface area contributed by atoms with E-state index >= 15 is 0 Å². The van der Waals surface area contributed by atoms with Crippen molar-refractivity contribution in [2.45, 2.75) is 11.8 Å². The number of hydrogen-bond donors (Lipinski definition) is 0. The number of carbonyl (C=O) groups excluding carboxylic acids is 1. The number of ether oxygens (including phenoxy) is 1. The van der Waals surface area contributed by atoms with Crippen LogP contribution in [0, 0.1) is 0 Å². The quantitative estimate of drug-likeness (QED) is 0.480. The van der Waals surface area contributed by atoms with Crippen LogP contribution in [0.2, 0.25) is 0 Å². The van der Waals surface area contributed by atoms with Crippen LogP contribution in [0.4, 0.5) is 0 Å². The lowest BCUT2D eigenvalue weighted by Crippen LogP contribution is -1.98. The number of esters is 1. The molecule has 0 spiro atoms. The van der Waals surface area contributed by atoms with Gasteiger partial charge in [0.2, 0.25) is 0 Å². The second-order valence-corrected chi connectivity index (χ2v) is 5.66. The second kappa shape index (κ2) is 5.84. The van der Waals surface area contributed by atoms with Gasteiger partial charge in [-0.15, -0.1) is 0 Å². The topological polar surface area (TPSA) is 60.4 Å². The molecule has 0 aliphatic carbocycles. The Balaban J connectivity index is 2.90. The van der Waals surface area contributed by atoms with Crippen LogP contribution >= 0.6 is 10.7 Å². The van der Waals surface area contributed by atoms with Gasteiger partial charge in [0.15, 0.2) is 0 Å². The number of rotatable bonds is 4. The first-order valence-electron chi connectivity index (χ1n) is 4.83. The third-order valence-corrected chi connectivity index (χ3v) is 3.19. The molecule has 6 heteroatoms. The zero-order valence-corrected chi connectivity index (χ0v) is 10.7. The minimum Gasteiger partial charge on any atom is -0.463 e. The summed E-state index contributed by atoms with van der Waals surface area (Å²) in [5.41, 5.74) is 0.555. The zero-order chi connectivity index (χ0) is 12.9. The van der Waals surface area contributed by atoms with E-state index in [-0.39, 0.29) is 4.90 Å². The van der Waals surface area contributed by atoms with Crippen LogP contribution in [0.3, 0.4) is 0 Å². The molecule has 0 N–H and O–H groups in total. The second-order valence-electron chi connectivity index (χ2n) is 3.10. The maximum Gasteiger partial charge on any atom is 0.330 e. The first kappa shape index (κ1) is 13.7. The predicted molar refractivity (Wildman–Crippen MR) is 65.1 cm³/mol. The van der Waals surface area contributed by atoms with Gasteiger partial charge in [0.25, 0.3) is 9.05 Å². The summed E-state index contributed by atoms with van der Waals surface area (Å²) in [6.45, 7) is 1.99. The molecule has 17 heavy (non-hydrogen) atoms. The summed E-state index contributed by atoms with van der Waals surface area (Å²) in [5.74, 6) is -0.480. The fraction of sp³-hybridized carbons (Fsp3) is 0.182. The van der Waals surface area contributed by atoms with Crippen LogP contribution in [0.25, 0.3) is 6.08 Å². The molecule has 0 aromatic heterocycles. The van der Waals surface area contributed by atoms with Gasteiger partial charge in [0, 0.05) is 16.8 Å². The van der Waals surface area contributed by atoms with Gasteiger partial charge in [-0.3, -0.25) is 0 Å². The first-order valence-corrected chi connectivity index (χ1v) is 7.14. The fourth-order valence-corrected chi connectivity index (χ4v) is 1.93. The van der Waals surface area contributed by atoms with Crippen molar-refractivity contribution in [1.82, 2.24) is 0 Å². The number of benzene rings is 1. The summed E-state index contributed by atoms with van der Waals surface area (Å²) < 4.78 is 26.8. The summed E-state index contributed by atoms with van der Waals surface area (Å²) in [6.07, 6.45) is 2.69. The monoisotopic (exact) mass is 274 g/mol. The summed E-state index contributed by atoms with van der Waals surface area (Å²) in [4.78, 5) is 11.0. The van der Waals surface area contributed by atoms with Crippen molar-refractivity contribution in [2.75, 3.05) is 6.61 Å². The molecule has 0 heterocycles. The molecule has 1 aromatic rings. The minimum atomic E-state index is -3.75. The average Bonchev–Trinajstić information content (AvgIpc) is 2.26. The highest BCUT2D eigenvalue weighted by Gasteiger charge is 2.09. The standard InChI is InChI=1S/C11H11ClO4S/c1-2-16-11(13)7-6-9-4-3-5-10(8-9)17(12,14)15/h3-8H,2H2,1H3/b7-6-. The van der Waals surface area contributed by atoms with Gasteiger partial charge in [0.05, 0.1) is 11.5 Å².